The summed E-state index contributed by atoms with van der Waals surface area (Å²) >= 11 is 1.88. The molecule has 0 bridgehead atoms. The molecule has 1 aromatic heterocycles. The van der Waals surface area contributed by atoms with Gasteiger partial charge in [0, 0.05) is 10.9 Å². The lowest BCUT2D eigenvalue weighted by atomic mass is 9.94. The number of hydrogen-bond donors (Lipinski definition) is 1. The fraction of sp³-hybridized carbons (Fsp3) is 0.692. The third-order valence-corrected chi connectivity index (χ3v) is 3.89. The molecule has 0 amide bonds. The Labute approximate surface area is 97.9 Å². The van der Waals surface area contributed by atoms with Gasteiger partial charge in [0.1, 0.15) is 0 Å². The highest BCUT2D eigenvalue weighted by molar-refractivity contribution is 7.09. The van der Waals surface area contributed by atoms with Crippen LogP contribution < -0.4 is 5.32 Å². The van der Waals surface area contributed by atoms with E-state index in [4.69, 9.17) is 0 Å². The molecule has 0 aliphatic heterocycles. The Morgan fingerprint density at radius 2 is 2.20 bits per heavy atom. The summed E-state index contributed by atoms with van der Waals surface area (Å²) in [6.45, 7) is 7.97. The van der Waals surface area contributed by atoms with E-state index in [1.807, 2.05) is 11.3 Å². The number of thiophene rings is 1. The van der Waals surface area contributed by atoms with Gasteiger partial charge in [-0.2, -0.15) is 0 Å². The summed E-state index contributed by atoms with van der Waals surface area (Å²) in [4.78, 5) is 1.52. The molecule has 0 saturated heterocycles. The van der Waals surface area contributed by atoms with Crippen molar-refractivity contribution in [1.82, 2.24) is 5.32 Å². The molecule has 1 aromatic rings. The third-order valence-electron chi connectivity index (χ3n) is 2.99. The second-order valence-electron chi connectivity index (χ2n) is 4.19. The zero-order valence-electron chi connectivity index (χ0n) is 10.1. The predicted octanol–water partition coefficient (Wildman–Crippen LogP) is 3.70. The van der Waals surface area contributed by atoms with Crippen LogP contribution in [0.1, 0.15) is 38.5 Å². The van der Waals surface area contributed by atoms with Gasteiger partial charge in [-0.3, -0.25) is 0 Å². The Morgan fingerprint density at radius 3 is 2.73 bits per heavy atom. The van der Waals surface area contributed by atoms with Crippen LogP contribution in [0.5, 0.6) is 0 Å². The third kappa shape index (κ3) is 4.35. The molecule has 0 aromatic carbocycles. The van der Waals surface area contributed by atoms with Crippen molar-refractivity contribution in [3.63, 3.8) is 0 Å². The summed E-state index contributed by atoms with van der Waals surface area (Å²) in [5.74, 6) is 0.773. The van der Waals surface area contributed by atoms with Gasteiger partial charge in [0.05, 0.1) is 0 Å². The maximum atomic E-state index is 3.60. The minimum atomic E-state index is 0.636. The molecule has 1 rings (SSSR count). The van der Waals surface area contributed by atoms with Crippen LogP contribution in [-0.2, 0) is 6.42 Å². The lowest BCUT2D eigenvalue weighted by Gasteiger charge is -2.23. The van der Waals surface area contributed by atoms with Gasteiger partial charge in [0.25, 0.3) is 0 Å². The van der Waals surface area contributed by atoms with Crippen molar-refractivity contribution >= 4 is 11.3 Å². The summed E-state index contributed by atoms with van der Waals surface area (Å²) in [5.41, 5.74) is 0. The molecule has 86 valence electrons. The molecule has 1 nitrogen and oxygen atoms in total. The van der Waals surface area contributed by atoms with Crippen LogP contribution in [0.15, 0.2) is 17.5 Å². The van der Waals surface area contributed by atoms with Crippen LogP contribution >= 0.6 is 11.3 Å². The predicted molar refractivity (Wildman–Crippen MR) is 69.6 cm³/mol. The molecule has 0 aliphatic carbocycles. The highest BCUT2D eigenvalue weighted by atomic mass is 32.1. The summed E-state index contributed by atoms with van der Waals surface area (Å²) in [7, 11) is 0. The van der Waals surface area contributed by atoms with E-state index in [0.29, 0.717) is 6.04 Å². The van der Waals surface area contributed by atoms with Gasteiger partial charge in [0.2, 0.25) is 0 Å². The van der Waals surface area contributed by atoms with Crippen LogP contribution in [0, 0.1) is 5.92 Å². The fourth-order valence-corrected chi connectivity index (χ4v) is 2.70. The van der Waals surface area contributed by atoms with Crippen molar-refractivity contribution < 1.29 is 0 Å². The Morgan fingerprint density at radius 1 is 1.40 bits per heavy atom. The van der Waals surface area contributed by atoms with E-state index in [0.717, 1.165) is 12.5 Å². The minimum absolute atomic E-state index is 0.636. The van der Waals surface area contributed by atoms with Crippen LogP contribution in [0.2, 0.25) is 0 Å². The van der Waals surface area contributed by atoms with E-state index >= 15 is 0 Å². The molecule has 0 fully saturated rings. The number of rotatable bonds is 7. The van der Waals surface area contributed by atoms with Crippen LogP contribution in [0.4, 0.5) is 0 Å². The second-order valence-corrected chi connectivity index (χ2v) is 5.23. The Bertz CT molecular complexity index is 243. The Balaban J connectivity index is 2.40. The van der Waals surface area contributed by atoms with Gasteiger partial charge in [-0.25, -0.2) is 0 Å². The van der Waals surface area contributed by atoms with Gasteiger partial charge in [-0.15, -0.1) is 11.3 Å². The second kappa shape index (κ2) is 7.02. The van der Waals surface area contributed by atoms with E-state index in [1.54, 1.807) is 0 Å². The molecule has 15 heavy (non-hydrogen) atoms. The molecule has 1 N–H and O–H groups in total. The smallest absolute Gasteiger partial charge is 0.00703 e. The molecule has 0 saturated carbocycles. The SMILES string of the molecule is CCCNC(C)C(CC)Cc1cccs1. The van der Waals surface area contributed by atoms with Gasteiger partial charge < -0.3 is 5.32 Å². The normalized spacial score (nSPS) is 15.1. The van der Waals surface area contributed by atoms with E-state index in [2.05, 4.69) is 43.6 Å². The van der Waals surface area contributed by atoms with Crippen molar-refractivity contribution in [2.45, 2.75) is 46.1 Å². The molecule has 2 heteroatoms. The zero-order valence-corrected chi connectivity index (χ0v) is 10.9. The lowest BCUT2D eigenvalue weighted by molar-refractivity contribution is 0.364. The van der Waals surface area contributed by atoms with E-state index in [-0.39, 0.29) is 0 Å². The van der Waals surface area contributed by atoms with Crippen molar-refractivity contribution in [2.75, 3.05) is 6.54 Å². The first kappa shape index (κ1) is 12.7. The summed E-state index contributed by atoms with van der Waals surface area (Å²) in [6, 6.07) is 5.04. The fourth-order valence-electron chi connectivity index (χ4n) is 1.90. The van der Waals surface area contributed by atoms with Crippen molar-refractivity contribution in [1.29, 1.82) is 0 Å². The first-order chi connectivity index (χ1) is 7.27. The lowest BCUT2D eigenvalue weighted by Crippen LogP contribution is -2.34. The zero-order chi connectivity index (χ0) is 11.1. The number of hydrogen-bond acceptors (Lipinski definition) is 2. The average molecular weight is 225 g/mol. The average Bonchev–Trinajstić information content (AvgIpc) is 2.75. The topological polar surface area (TPSA) is 12.0 Å². The molecule has 1 heterocycles. The van der Waals surface area contributed by atoms with Crippen LogP contribution in [0.25, 0.3) is 0 Å². The molecular weight excluding hydrogens is 202 g/mol. The van der Waals surface area contributed by atoms with E-state index in [1.165, 1.54) is 24.1 Å². The first-order valence-electron chi connectivity index (χ1n) is 6.03. The summed E-state index contributed by atoms with van der Waals surface area (Å²) in [6.07, 6.45) is 3.71. The Hall–Kier alpha value is -0.340. The van der Waals surface area contributed by atoms with Crippen LogP contribution in [-0.4, -0.2) is 12.6 Å². The first-order valence-corrected chi connectivity index (χ1v) is 6.91. The molecular formula is C13H23NS. The number of nitrogens with one attached hydrogen (secondary N) is 1. The summed E-state index contributed by atoms with van der Waals surface area (Å²) in [5, 5.41) is 5.77. The van der Waals surface area contributed by atoms with Gasteiger partial charge >= 0.3 is 0 Å². The van der Waals surface area contributed by atoms with Gasteiger partial charge in [0.15, 0.2) is 0 Å². The molecule has 0 spiro atoms. The highest BCUT2D eigenvalue weighted by Crippen LogP contribution is 2.19. The minimum Gasteiger partial charge on any atom is -0.314 e. The van der Waals surface area contributed by atoms with E-state index in [9.17, 15) is 0 Å². The largest absolute Gasteiger partial charge is 0.314 e. The summed E-state index contributed by atoms with van der Waals surface area (Å²) < 4.78 is 0. The van der Waals surface area contributed by atoms with Gasteiger partial charge in [-0.1, -0.05) is 26.3 Å². The molecule has 0 radical (unpaired) electrons. The van der Waals surface area contributed by atoms with Crippen molar-refractivity contribution in [3.05, 3.63) is 22.4 Å². The maximum absolute atomic E-state index is 3.60. The monoisotopic (exact) mass is 225 g/mol. The van der Waals surface area contributed by atoms with Crippen molar-refractivity contribution in [3.8, 4) is 0 Å². The Kier molecular flexibility index (Phi) is 5.96. The van der Waals surface area contributed by atoms with E-state index < -0.39 is 0 Å². The van der Waals surface area contributed by atoms with Crippen LogP contribution in [0.3, 0.4) is 0 Å². The molecule has 2 atom stereocenters. The standard InChI is InChI=1S/C13H23NS/c1-4-8-14-11(3)12(5-2)10-13-7-6-9-15-13/h6-7,9,11-12,14H,4-5,8,10H2,1-3H3. The maximum Gasteiger partial charge on any atom is 0.00703 e. The molecule has 0 aliphatic rings. The quantitative estimate of drug-likeness (QED) is 0.746. The molecule has 2 unspecified atom stereocenters. The van der Waals surface area contributed by atoms with Gasteiger partial charge in [-0.05, 0) is 43.7 Å². The van der Waals surface area contributed by atoms with Crippen molar-refractivity contribution in [2.24, 2.45) is 5.92 Å². The highest BCUT2D eigenvalue weighted by Gasteiger charge is 2.15.